The molecule has 180 valence electrons. The lowest BCUT2D eigenvalue weighted by Gasteiger charge is -2.15. The summed E-state index contributed by atoms with van der Waals surface area (Å²) in [5.74, 6) is -0.318. The molecule has 0 spiro atoms. The zero-order valence-corrected chi connectivity index (χ0v) is 21.0. The smallest absolute Gasteiger partial charge is 0.266 e. The summed E-state index contributed by atoms with van der Waals surface area (Å²) in [7, 11) is 0. The highest BCUT2D eigenvalue weighted by atomic mass is 79.9. The molecule has 0 aromatic heterocycles. The number of hydrogen-bond acceptors (Lipinski definition) is 4. The zero-order chi connectivity index (χ0) is 25.5. The first-order chi connectivity index (χ1) is 17.5. The molecule has 0 fully saturated rings. The fraction of sp³-hybridized carbons (Fsp3) is 0.103. The van der Waals surface area contributed by atoms with Crippen LogP contribution in [0, 0.1) is 17.1 Å². The number of hydrogen-bond donors (Lipinski definition) is 1. The molecule has 1 amide bonds. The molecule has 0 unspecified atom stereocenters. The zero-order valence-electron chi connectivity index (χ0n) is 19.4. The SMILES string of the molecule is CCOc1cc(/C=C(/C#N)C(=O)Nc2ccccc2F)c(Br)cc1OCc1cccc2ccccc12. The fourth-order valence-corrected chi connectivity index (χ4v) is 4.11. The number of halogens is 2. The van der Waals surface area contributed by atoms with Gasteiger partial charge in [-0.3, -0.25) is 4.79 Å². The molecule has 4 aromatic carbocycles. The Hall–Kier alpha value is -4.15. The number of nitriles is 1. The number of benzene rings is 4. The van der Waals surface area contributed by atoms with Crippen molar-refractivity contribution in [1.29, 1.82) is 5.26 Å². The van der Waals surface area contributed by atoms with Crippen LogP contribution < -0.4 is 14.8 Å². The number of nitrogens with zero attached hydrogens (tertiary/aromatic N) is 1. The lowest BCUT2D eigenvalue weighted by molar-refractivity contribution is -0.112. The molecule has 0 saturated heterocycles. The fourth-order valence-electron chi connectivity index (χ4n) is 3.67. The molecule has 4 rings (SSSR count). The van der Waals surface area contributed by atoms with Crippen molar-refractivity contribution in [3.05, 3.63) is 106 Å². The lowest BCUT2D eigenvalue weighted by atomic mass is 10.1. The molecule has 1 N–H and O–H groups in total. The summed E-state index contributed by atoms with van der Waals surface area (Å²) in [6, 6.07) is 25.2. The first-order valence-corrected chi connectivity index (χ1v) is 12.0. The van der Waals surface area contributed by atoms with Gasteiger partial charge in [-0.2, -0.15) is 5.26 Å². The van der Waals surface area contributed by atoms with Crippen molar-refractivity contribution in [1.82, 2.24) is 0 Å². The number of carbonyl (C=O) groups is 1. The summed E-state index contributed by atoms with van der Waals surface area (Å²) in [5, 5.41) is 14.2. The number of anilines is 1. The number of nitrogens with one attached hydrogen (secondary N) is 1. The van der Waals surface area contributed by atoms with Crippen molar-refractivity contribution in [2.75, 3.05) is 11.9 Å². The summed E-state index contributed by atoms with van der Waals surface area (Å²) in [6.45, 7) is 2.58. The minimum atomic E-state index is -0.719. The Kier molecular flexibility index (Phi) is 7.99. The van der Waals surface area contributed by atoms with Gasteiger partial charge in [0.1, 0.15) is 24.1 Å². The van der Waals surface area contributed by atoms with Crippen LogP contribution in [0.4, 0.5) is 10.1 Å². The number of ether oxygens (including phenoxy) is 2. The summed E-state index contributed by atoms with van der Waals surface area (Å²) in [4.78, 5) is 12.6. The van der Waals surface area contributed by atoms with Crippen molar-refractivity contribution < 1.29 is 18.7 Å². The largest absolute Gasteiger partial charge is 0.490 e. The maximum absolute atomic E-state index is 13.9. The molecule has 0 aliphatic heterocycles. The molecule has 36 heavy (non-hydrogen) atoms. The Morgan fingerprint density at radius 1 is 1.03 bits per heavy atom. The summed E-state index contributed by atoms with van der Waals surface area (Å²) >= 11 is 3.50. The van der Waals surface area contributed by atoms with Crippen LogP contribution in [0.5, 0.6) is 11.5 Å². The van der Waals surface area contributed by atoms with Crippen molar-refractivity contribution in [3.8, 4) is 17.6 Å². The van der Waals surface area contributed by atoms with Gasteiger partial charge in [0, 0.05) is 4.47 Å². The molecule has 0 atom stereocenters. The third kappa shape index (κ3) is 5.73. The van der Waals surface area contributed by atoms with Gasteiger partial charge >= 0.3 is 0 Å². The molecule has 0 heterocycles. The second-order valence-corrected chi connectivity index (χ2v) is 8.64. The second-order valence-electron chi connectivity index (χ2n) is 7.78. The molecule has 0 aliphatic carbocycles. The maximum Gasteiger partial charge on any atom is 0.266 e. The Balaban J connectivity index is 1.60. The average molecular weight is 545 g/mol. The Morgan fingerprint density at radius 2 is 1.75 bits per heavy atom. The predicted molar refractivity (Wildman–Crippen MR) is 142 cm³/mol. The third-order valence-electron chi connectivity index (χ3n) is 5.41. The van der Waals surface area contributed by atoms with Gasteiger partial charge in [0.2, 0.25) is 0 Å². The van der Waals surface area contributed by atoms with Crippen LogP contribution in [0.15, 0.2) is 88.9 Å². The topological polar surface area (TPSA) is 71.3 Å². The van der Waals surface area contributed by atoms with E-state index in [1.807, 2.05) is 37.3 Å². The Bertz CT molecular complexity index is 1490. The van der Waals surface area contributed by atoms with Gasteiger partial charge in [0.15, 0.2) is 11.5 Å². The standard InChI is InChI=1S/C29H22BrFN2O3/c1-2-35-27-15-21(14-22(17-32)29(34)33-26-13-6-5-12-25(26)31)24(30)16-28(27)36-18-20-10-7-9-19-8-3-4-11-23(19)20/h3-16H,2,18H2,1H3,(H,33,34)/b22-14-. The highest BCUT2D eigenvalue weighted by Gasteiger charge is 2.15. The van der Waals surface area contributed by atoms with E-state index in [4.69, 9.17) is 9.47 Å². The monoisotopic (exact) mass is 544 g/mol. The molecule has 5 nitrogen and oxygen atoms in total. The van der Waals surface area contributed by atoms with Crippen LogP contribution in [-0.2, 0) is 11.4 Å². The minimum Gasteiger partial charge on any atom is -0.490 e. The van der Waals surface area contributed by atoms with E-state index in [1.165, 1.54) is 24.3 Å². The summed E-state index contributed by atoms with van der Waals surface area (Å²) < 4.78 is 26.4. The summed E-state index contributed by atoms with van der Waals surface area (Å²) in [5.41, 5.74) is 1.38. The van der Waals surface area contributed by atoms with Gasteiger partial charge in [0.05, 0.1) is 12.3 Å². The van der Waals surface area contributed by atoms with Crippen LogP contribution in [0.25, 0.3) is 16.8 Å². The summed E-state index contributed by atoms with van der Waals surface area (Å²) in [6.07, 6.45) is 1.41. The number of carbonyl (C=O) groups excluding carboxylic acids is 1. The van der Waals surface area contributed by atoms with Gasteiger partial charge in [0.25, 0.3) is 5.91 Å². The van der Waals surface area contributed by atoms with E-state index in [-0.39, 0.29) is 11.3 Å². The third-order valence-corrected chi connectivity index (χ3v) is 6.10. The number of amides is 1. The molecular formula is C29H22BrFN2O3. The van der Waals surface area contributed by atoms with Gasteiger partial charge in [-0.05, 0) is 59.2 Å². The van der Waals surface area contributed by atoms with Crippen molar-refractivity contribution in [3.63, 3.8) is 0 Å². The van der Waals surface area contributed by atoms with E-state index in [1.54, 1.807) is 18.2 Å². The van der Waals surface area contributed by atoms with E-state index in [9.17, 15) is 14.4 Å². The van der Waals surface area contributed by atoms with Crippen LogP contribution in [0.1, 0.15) is 18.1 Å². The molecule has 7 heteroatoms. The van der Waals surface area contributed by atoms with E-state index >= 15 is 0 Å². The van der Waals surface area contributed by atoms with Gasteiger partial charge < -0.3 is 14.8 Å². The van der Waals surface area contributed by atoms with Crippen LogP contribution in [0.3, 0.4) is 0 Å². The van der Waals surface area contributed by atoms with Gasteiger partial charge in [-0.25, -0.2) is 4.39 Å². The lowest BCUT2D eigenvalue weighted by Crippen LogP contribution is -2.14. The minimum absolute atomic E-state index is 0.00472. The molecule has 0 saturated carbocycles. The van der Waals surface area contributed by atoms with Crippen molar-refractivity contribution >= 4 is 44.4 Å². The molecule has 0 aliphatic rings. The quantitative estimate of drug-likeness (QED) is 0.187. The number of rotatable bonds is 8. The van der Waals surface area contributed by atoms with Crippen LogP contribution in [-0.4, -0.2) is 12.5 Å². The Morgan fingerprint density at radius 3 is 2.53 bits per heavy atom. The van der Waals surface area contributed by atoms with Crippen molar-refractivity contribution in [2.45, 2.75) is 13.5 Å². The molecule has 0 radical (unpaired) electrons. The highest BCUT2D eigenvalue weighted by Crippen LogP contribution is 2.36. The molecule has 0 bridgehead atoms. The first kappa shape index (κ1) is 25.0. The van der Waals surface area contributed by atoms with Crippen LogP contribution in [0.2, 0.25) is 0 Å². The van der Waals surface area contributed by atoms with E-state index in [0.717, 1.165) is 16.3 Å². The average Bonchev–Trinajstić information content (AvgIpc) is 2.89. The van der Waals surface area contributed by atoms with Gasteiger partial charge in [-0.1, -0.05) is 70.5 Å². The molecular weight excluding hydrogens is 523 g/mol. The van der Waals surface area contributed by atoms with E-state index in [0.29, 0.717) is 34.7 Å². The first-order valence-electron chi connectivity index (χ1n) is 11.2. The van der Waals surface area contributed by atoms with E-state index in [2.05, 4.69) is 39.4 Å². The van der Waals surface area contributed by atoms with E-state index < -0.39 is 11.7 Å². The number of para-hydroxylation sites is 1. The van der Waals surface area contributed by atoms with Crippen LogP contribution >= 0.6 is 15.9 Å². The number of fused-ring (bicyclic) bond motifs is 1. The van der Waals surface area contributed by atoms with Gasteiger partial charge in [-0.15, -0.1) is 0 Å². The normalized spacial score (nSPS) is 11.1. The predicted octanol–water partition coefficient (Wildman–Crippen LogP) is 7.26. The highest BCUT2D eigenvalue weighted by molar-refractivity contribution is 9.10. The maximum atomic E-state index is 13.9. The second kappa shape index (κ2) is 11.5. The Labute approximate surface area is 216 Å². The molecule has 4 aromatic rings. The van der Waals surface area contributed by atoms with Crippen molar-refractivity contribution in [2.24, 2.45) is 0 Å².